The van der Waals surface area contributed by atoms with Crippen molar-refractivity contribution in [3.63, 3.8) is 0 Å². The summed E-state index contributed by atoms with van der Waals surface area (Å²) in [5.74, 6) is 0.872. The summed E-state index contributed by atoms with van der Waals surface area (Å²) < 4.78 is 15.8. The van der Waals surface area contributed by atoms with E-state index in [1.807, 2.05) is 0 Å². The first-order chi connectivity index (χ1) is 13.5. The van der Waals surface area contributed by atoms with Gasteiger partial charge in [0.1, 0.15) is 11.5 Å². The lowest BCUT2D eigenvalue weighted by atomic mass is 10.2. The molecule has 3 rings (SSSR count). The molecule has 7 heteroatoms. The summed E-state index contributed by atoms with van der Waals surface area (Å²) in [6.07, 6.45) is 0.745. The second-order valence-corrected chi connectivity index (χ2v) is 5.93. The maximum absolute atomic E-state index is 12.3. The van der Waals surface area contributed by atoms with Gasteiger partial charge in [-0.3, -0.25) is 9.59 Å². The largest absolute Gasteiger partial charge is 0.497 e. The van der Waals surface area contributed by atoms with Crippen molar-refractivity contribution in [3.05, 3.63) is 72.7 Å². The molecule has 0 aliphatic carbocycles. The van der Waals surface area contributed by atoms with Crippen molar-refractivity contribution >= 4 is 23.2 Å². The van der Waals surface area contributed by atoms with Gasteiger partial charge in [0.05, 0.1) is 13.4 Å². The Labute approximate surface area is 162 Å². The van der Waals surface area contributed by atoms with Crippen molar-refractivity contribution in [1.82, 2.24) is 0 Å². The first-order valence-electron chi connectivity index (χ1n) is 8.61. The van der Waals surface area contributed by atoms with Gasteiger partial charge in [-0.15, -0.1) is 0 Å². The molecule has 1 atom stereocenters. The summed E-state index contributed by atoms with van der Waals surface area (Å²) >= 11 is 0. The Morgan fingerprint density at radius 3 is 2.07 bits per heavy atom. The molecule has 3 aromatic rings. The van der Waals surface area contributed by atoms with E-state index in [4.69, 9.17) is 13.9 Å². The Hall–Kier alpha value is -3.74. The molecule has 0 fully saturated rings. The molecule has 1 unspecified atom stereocenters. The van der Waals surface area contributed by atoms with Crippen molar-refractivity contribution in [1.29, 1.82) is 0 Å². The van der Waals surface area contributed by atoms with E-state index in [0.29, 0.717) is 22.9 Å². The van der Waals surface area contributed by atoms with Crippen LogP contribution in [-0.2, 0) is 4.79 Å². The Balaban J connectivity index is 1.53. The molecule has 0 saturated carbocycles. The third-order valence-corrected chi connectivity index (χ3v) is 3.90. The summed E-state index contributed by atoms with van der Waals surface area (Å²) in [4.78, 5) is 24.3. The molecule has 2 N–H and O–H groups in total. The fourth-order valence-corrected chi connectivity index (χ4v) is 2.39. The molecule has 28 heavy (non-hydrogen) atoms. The number of rotatable bonds is 7. The molecule has 0 aliphatic heterocycles. The second kappa shape index (κ2) is 8.77. The maximum atomic E-state index is 12.3. The average molecular weight is 380 g/mol. The Kier molecular flexibility index (Phi) is 5.96. The number of ether oxygens (including phenoxy) is 2. The Morgan fingerprint density at radius 2 is 1.50 bits per heavy atom. The van der Waals surface area contributed by atoms with Gasteiger partial charge in [-0.2, -0.15) is 0 Å². The first kappa shape index (κ1) is 19.0. The van der Waals surface area contributed by atoms with Gasteiger partial charge in [-0.1, -0.05) is 0 Å². The van der Waals surface area contributed by atoms with Gasteiger partial charge in [0.2, 0.25) is 0 Å². The quantitative estimate of drug-likeness (QED) is 0.648. The molecule has 1 aromatic heterocycles. The van der Waals surface area contributed by atoms with Gasteiger partial charge in [0.15, 0.2) is 11.9 Å². The predicted molar refractivity (Wildman–Crippen MR) is 105 cm³/mol. The van der Waals surface area contributed by atoms with Crippen LogP contribution in [0.1, 0.15) is 17.5 Å². The van der Waals surface area contributed by atoms with E-state index in [0.717, 1.165) is 0 Å². The van der Waals surface area contributed by atoms with Crippen molar-refractivity contribution in [2.45, 2.75) is 13.0 Å². The molecule has 0 aliphatic rings. The normalized spacial score (nSPS) is 11.4. The minimum absolute atomic E-state index is 0.224. The smallest absolute Gasteiger partial charge is 0.291 e. The molecule has 2 aromatic carbocycles. The van der Waals surface area contributed by atoms with E-state index in [-0.39, 0.29) is 17.6 Å². The molecule has 0 radical (unpaired) electrons. The van der Waals surface area contributed by atoms with E-state index in [2.05, 4.69) is 10.6 Å². The summed E-state index contributed by atoms with van der Waals surface area (Å²) in [5.41, 5.74) is 1.17. The van der Waals surface area contributed by atoms with Crippen molar-refractivity contribution in [2.24, 2.45) is 0 Å². The van der Waals surface area contributed by atoms with Crippen molar-refractivity contribution in [2.75, 3.05) is 17.7 Å². The van der Waals surface area contributed by atoms with Crippen LogP contribution in [0.4, 0.5) is 11.4 Å². The zero-order chi connectivity index (χ0) is 19.9. The number of hydrogen-bond acceptors (Lipinski definition) is 5. The topological polar surface area (TPSA) is 89.8 Å². The van der Waals surface area contributed by atoms with Crippen LogP contribution in [0.3, 0.4) is 0 Å². The highest BCUT2D eigenvalue weighted by Gasteiger charge is 2.15. The highest BCUT2D eigenvalue weighted by molar-refractivity contribution is 6.02. The summed E-state index contributed by atoms with van der Waals surface area (Å²) in [7, 11) is 1.58. The maximum Gasteiger partial charge on any atom is 0.291 e. The first-order valence-corrected chi connectivity index (χ1v) is 8.61. The van der Waals surface area contributed by atoms with Crippen molar-refractivity contribution < 1.29 is 23.5 Å². The number of furan rings is 1. The Morgan fingerprint density at radius 1 is 0.893 bits per heavy atom. The third-order valence-electron chi connectivity index (χ3n) is 3.90. The predicted octanol–water partition coefficient (Wildman–Crippen LogP) is 3.95. The number of anilines is 2. The van der Waals surface area contributed by atoms with E-state index in [1.54, 1.807) is 74.7 Å². The fourth-order valence-electron chi connectivity index (χ4n) is 2.39. The SMILES string of the molecule is COc1ccc(OC(C)C(=O)Nc2ccc(NC(=O)c3ccco3)cc2)cc1. The van der Waals surface area contributed by atoms with Gasteiger partial charge in [-0.25, -0.2) is 0 Å². The molecule has 0 spiro atoms. The number of carbonyl (C=O) groups excluding carboxylic acids is 2. The third kappa shape index (κ3) is 4.91. The van der Waals surface area contributed by atoms with E-state index in [9.17, 15) is 9.59 Å². The lowest BCUT2D eigenvalue weighted by molar-refractivity contribution is -0.122. The van der Waals surface area contributed by atoms with Crippen LogP contribution in [0.15, 0.2) is 71.3 Å². The minimum Gasteiger partial charge on any atom is -0.497 e. The van der Waals surface area contributed by atoms with Crippen LogP contribution in [-0.4, -0.2) is 25.0 Å². The van der Waals surface area contributed by atoms with Crippen LogP contribution in [0.5, 0.6) is 11.5 Å². The van der Waals surface area contributed by atoms with Crippen LogP contribution in [0.25, 0.3) is 0 Å². The van der Waals surface area contributed by atoms with E-state index >= 15 is 0 Å². The molecular weight excluding hydrogens is 360 g/mol. The van der Waals surface area contributed by atoms with E-state index in [1.165, 1.54) is 6.26 Å². The molecule has 0 bridgehead atoms. The number of nitrogens with one attached hydrogen (secondary N) is 2. The second-order valence-electron chi connectivity index (χ2n) is 5.93. The summed E-state index contributed by atoms with van der Waals surface area (Å²) in [6.45, 7) is 1.66. The number of benzene rings is 2. The average Bonchev–Trinajstić information content (AvgIpc) is 3.25. The lowest BCUT2D eigenvalue weighted by Crippen LogP contribution is -2.30. The monoisotopic (exact) mass is 380 g/mol. The van der Waals surface area contributed by atoms with Crippen LogP contribution >= 0.6 is 0 Å². The number of methoxy groups -OCH3 is 1. The molecule has 7 nitrogen and oxygen atoms in total. The standard InChI is InChI=1S/C21H20N2O5/c1-14(28-18-11-9-17(26-2)10-12-18)20(24)22-15-5-7-16(8-6-15)23-21(25)19-4-3-13-27-19/h3-14H,1-2H3,(H,22,24)(H,23,25). The minimum atomic E-state index is -0.688. The fraction of sp³-hybridized carbons (Fsp3) is 0.143. The number of hydrogen-bond donors (Lipinski definition) is 2. The summed E-state index contributed by atoms with van der Waals surface area (Å²) in [6, 6.07) is 17.0. The molecule has 2 amide bonds. The van der Waals surface area contributed by atoms with Gasteiger partial charge in [0, 0.05) is 11.4 Å². The highest BCUT2D eigenvalue weighted by Crippen LogP contribution is 2.19. The van der Waals surface area contributed by atoms with Gasteiger partial charge < -0.3 is 24.5 Å². The molecule has 1 heterocycles. The lowest BCUT2D eigenvalue weighted by Gasteiger charge is -2.15. The summed E-state index contributed by atoms with van der Waals surface area (Å²) in [5, 5.41) is 5.48. The van der Waals surface area contributed by atoms with Crippen LogP contribution in [0, 0.1) is 0 Å². The van der Waals surface area contributed by atoms with Gasteiger partial charge in [0.25, 0.3) is 11.8 Å². The zero-order valence-corrected chi connectivity index (χ0v) is 15.5. The van der Waals surface area contributed by atoms with Crippen LogP contribution in [0.2, 0.25) is 0 Å². The van der Waals surface area contributed by atoms with E-state index < -0.39 is 6.10 Å². The molecule has 144 valence electrons. The zero-order valence-electron chi connectivity index (χ0n) is 15.5. The Bertz CT molecular complexity index is 918. The van der Waals surface area contributed by atoms with Gasteiger partial charge in [-0.05, 0) is 67.6 Å². The van der Waals surface area contributed by atoms with Gasteiger partial charge >= 0.3 is 0 Å². The van der Waals surface area contributed by atoms with Crippen molar-refractivity contribution in [3.8, 4) is 11.5 Å². The number of carbonyl (C=O) groups is 2. The molecule has 0 saturated heterocycles. The number of amides is 2. The van der Waals surface area contributed by atoms with Crippen LogP contribution < -0.4 is 20.1 Å². The molecular formula is C21H20N2O5. The highest BCUT2D eigenvalue weighted by atomic mass is 16.5.